The van der Waals surface area contributed by atoms with Crippen molar-refractivity contribution < 1.29 is 4.79 Å². The smallest absolute Gasteiger partial charge is 0.135 e. The van der Waals surface area contributed by atoms with Crippen molar-refractivity contribution in [1.82, 2.24) is 0 Å². The lowest BCUT2D eigenvalue weighted by atomic mass is 9.71. The molecule has 0 radical (unpaired) electrons. The average molecular weight is 155 g/mol. The van der Waals surface area contributed by atoms with Crippen LogP contribution < -0.4 is 5.73 Å². The van der Waals surface area contributed by atoms with Crippen LogP contribution in [0.3, 0.4) is 0 Å². The highest BCUT2D eigenvalue weighted by Gasteiger charge is 2.34. The molecule has 0 aliphatic heterocycles. The van der Waals surface area contributed by atoms with Gasteiger partial charge in [-0.25, -0.2) is 0 Å². The first-order chi connectivity index (χ1) is 5.04. The number of Topliss-reactive ketones (excluding diaryl/α,β-unsaturated/α-hetero) is 1. The van der Waals surface area contributed by atoms with Gasteiger partial charge in [0.25, 0.3) is 0 Å². The van der Waals surface area contributed by atoms with Crippen LogP contribution in [0.5, 0.6) is 0 Å². The van der Waals surface area contributed by atoms with Crippen LogP contribution >= 0.6 is 0 Å². The Morgan fingerprint density at radius 1 is 1.64 bits per heavy atom. The van der Waals surface area contributed by atoms with E-state index in [1.807, 2.05) is 6.92 Å². The standard InChI is InChI=1S/C9H17NO/c1-7(11)9(2)5-3-4-8(10)6-9/h8H,3-6,10H2,1-2H3. The van der Waals surface area contributed by atoms with Gasteiger partial charge in [-0.3, -0.25) is 4.79 Å². The van der Waals surface area contributed by atoms with Gasteiger partial charge in [0.05, 0.1) is 0 Å². The molecule has 64 valence electrons. The molecule has 2 atom stereocenters. The van der Waals surface area contributed by atoms with E-state index in [0.29, 0.717) is 5.78 Å². The third-order valence-corrected chi connectivity index (χ3v) is 2.87. The zero-order chi connectivity index (χ0) is 8.48. The number of hydrogen-bond acceptors (Lipinski definition) is 2. The minimum absolute atomic E-state index is 0.113. The topological polar surface area (TPSA) is 43.1 Å². The van der Waals surface area contributed by atoms with Gasteiger partial charge in [-0.05, 0) is 26.2 Å². The van der Waals surface area contributed by atoms with Gasteiger partial charge in [-0.1, -0.05) is 13.3 Å². The number of rotatable bonds is 1. The molecule has 2 unspecified atom stereocenters. The molecule has 1 fully saturated rings. The van der Waals surface area contributed by atoms with E-state index in [-0.39, 0.29) is 11.5 Å². The Bertz CT molecular complexity index is 167. The Kier molecular flexibility index (Phi) is 2.33. The molecule has 2 N–H and O–H groups in total. The lowest BCUT2D eigenvalue weighted by Gasteiger charge is -2.34. The first-order valence-corrected chi connectivity index (χ1v) is 4.31. The summed E-state index contributed by atoms with van der Waals surface area (Å²) in [5, 5.41) is 0. The fourth-order valence-corrected chi connectivity index (χ4v) is 1.86. The van der Waals surface area contributed by atoms with Crippen molar-refractivity contribution in [2.75, 3.05) is 0 Å². The minimum atomic E-state index is -0.113. The summed E-state index contributed by atoms with van der Waals surface area (Å²) in [5.41, 5.74) is 5.68. The lowest BCUT2D eigenvalue weighted by molar-refractivity contribution is -0.127. The fourth-order valence-electron chi connectivity index (χ4n) is 1.86. The Balaban J connectivity index is 2.63. The molecular formula is C9H17NO. The van der Waals surface area contributed by atoms with E-state index in [1.54, 1.807) is 6.92 Å². The highest BCUT2D eigenvalue weighted by atomic mass is 16.1. The second-order valence-corrected chi connectivity index (χ2v) is 3.97. The number of carbonyl (C=O) groups is 1. The van der Waals surface area contributed by atoms with E-state index >= 15 is 0 Å². The van der Waals surface area contributed by atoms with Crippen molar-refractivity contribution in [1.29, 1.82) is 0 Å². The van der Waals surface area contributed by atoms with Crippen molar-refractivity contribution in [2.24, 2.45) is 11.1 Å². The molecule has 0 heterocycles. The Morgan fingerprint density at radius 3 is 2.64 bits per heavy atom. The summed E-state index contributed by atoms with van der Waals surface area (Å²) >= 11 is 0. The molecule has 2 heteroatoms. The van der Waals surface area contributed by atoms with Crippen LogP contribution in [0.4, 0.5) is 0 Å². The zero-order valence-corrected chi connectivity index (χ0v) is 7.39. The van der Waals surface area contributed by atoms with E-state index < -0.39 is 0 Å². The van der Waals surface area contributed by atoms with Gasteiger partial charge >= 0.3 is 0 Å². The van der Waals surface area contributed by atoms with Crippen molar-refractivity contribution in [3.63, 3.8) is 0 Å². The number of hydrogen-bond donors (Lipinski definition) is 1. The lowest BCUT2D eigenvalue weighted by Crippen LogP contribution is -2.38. The van der Waals surface area contributed by atoms with E-state index in [1.165, 1.54) is 0 Å². The van der Waals surface area contributed by atoms with Crippen molar-refractivity contribution >= 4 is 5.78 Å². The fraction of sp³-hybridized carbons (Fsp3) is 0.889. The van der Waals surface area contributed by atoms with Gasteiger partial charge in [0.2, 0.25) is 0 Å². The van der Waals surface area contributed by atoms with Crippen LogP contribution in [0.25, 0.3) is 0 Å². The second kappa shape index (κ2) is 2.94. The van der Waals surface area contributed by atoms with Gasteiger partial charge in [0.15, 0.2) is 0 Å². The Morgan fingerprint density at radius 2 is 2.27 bits per heavy atom. The third kappa shape index (κ3) is 1.80. The van der Waals surface area contributed by atoms with E-state index in [0.717, 1.165) is 25.7 Å². The van der Waals surface area contributed by atoms with Crippen LogP contribution in [0.1, 0.15) is 39.5 Å². The minimum Gasteiger partial charge on any atom is -0.328 e. The van der Waals surface area contributed by atoms with E-state index in [2.05, 4.69) is 0 Å². The molecule has 2 nitrogen and oxygen atoms in total. The van der Waals surface area contributed by atoms with Crippen LogP contribution in [0.2, 0.25) is 0 Å². The van der Waals surface area contributed by atoms with Gasteiger partial charge in [-0.2, -0.15) is 0 Å². The Hall–Kier alpha value is -0.370. The highest BCUT2D eigenvalue weighted by molar-refractivity contribution is 5.82. The zero-order valence-electron chi connectivity index (χ0n) is 7.39. The van der Waals surface area contributed by atoms with Gasteiger partial charge in [-0.15, -0.1) is 0 Å². The monoisotopic (exact) mass is 155 g/mol. The highest BCUT2D eigenvalue weighted by Crippen LogP contribution is 2.35. The molecule has 1 aliphatic carbocycles. The summed E-state index contributed by atoms with van der Waals surface area (Å²) in [6, 6.07) is 0.248. The number of carbonyl (C=O) groups excluding carboxylic acids is 1. The molecule has 0 aromatic carbocycles. The maximum absolute atomic E-state index is 11.2. The average Bonchev–Trinajstić information content (AvgIpc) is 1.86. The van der Waals surface area contributed by atoms with Gasteiger partial charge < -0.3 is 5.73 Å². The summed E-state index contributed by atoms with van der Waals surface area (Å²) in [6.45, 7) is 3.71. The molecule has 0 aromatic heterocycles. The summed E-state index contributed by atoms with van der Waals surface area (Å²) in [6.07, 6.45) is 4.10. The van der Waals surface area contributed by atoms with Crippen LogP contribution in [0, 0.1) is 5.41 Å². The normalized spacial score (nSPS) is 38.6. The molecule has 0 saturated heterocycles. The largest absolute Gasteiger partial charge is 0.328 e. The van der Waals surface area contributed by atoms with Crippen LogP contribution in [0.15, 0.2) is 0 Å². The predicted molar refractivity (Wildman–Crippen MR) is 45.2 cm³/mol. The molecular weight excluding hydrogens is 138 g/mol. The maximum atomic E-state index is 11.2. The van der Waals surface area contributed by atoms with E-state index in [4.69, 9.17) is 5.73 Å². The molecule has 1 saturated carbocycles. The van der Waals surface area contributed by atoms with Gasteiger partial charge in [0.1, 0.15) is 5.78 Å². The molecule has 11 heavy (non-hydrogen) atoms. The molecule has 1 rings (SSSR count). The quantitative estimate of drug-likeness (QED) is 0.623. The first-order valence-electron chi connectivity index (χ1n) is 4.31. The molecule has 0 bridgehead atoms. The summed E-state index contributed by atoms with van der Waals surface area (Å²) in [4.78, 5) is 11.2. The molecule has 1 aliphatic rings. The van der Waals surface area contributed by atoms with Crippen molar-refractivity contribution in [2.45, 2.75) is 45.6 Å². The molecule has 0 spiro atoms. The van der Waals surface area contributed by atoms with Gasteiger partial charge in [0, 0.05) is 11.5 Å². The van der Waals surface area contributed by atoms with Crippen molar-refractivity contribution in [3.8, 4) is 0 Å². The third-order valence-electron chi connectivity index (χ3n) is 2.87. The summed E-state index contributed by atoms with van der Waals surface area (Å²) in [5.74, 6) is 0.299. The number of nitrogens with two attached hydrogens (primary N) is 1. The maximum Gasteiger partial charge on any atom is 0.135 e. The van der Waals surface area contributed by atoms with Crippen LogP contribution in [-0.2, 0) is 4.79 Å². The van der Waals surface area contributed by atoms with E-state index in [9.17, 15) is 4.79 Å². The Labute approximate surface area is 68.2 Å². The molecule has 0 amide bonds. The predicted octanol–water partition coefficient (Wildman–Crippen LogP) is 1.48. The second-order valence-electron chi connectivity index (χ2n) is 3.97. The van der Waals surface area contributed by atoms with Crippen LogP contribution in [-0.4, -0.2) is 11.8 Å². The summed E-state index contributed by atoms with van der Waals surface area (Å²) < 4.78 is 0. The summed E-state index contributed by atoms with van der Waals surface area (Å²) in [7, 11) is 0. The number of ketones is 1. The SMILES string of the molecule is CC(=O)C1(C)CCCC(N)C1. The van der Waals surface area contributed by atoms with Crippen molar-refractivity contribution in [3.05, 3.63) is 0 Å². The first kappa shape index (κ1) is 8.72. The molecule has 0 aromatic rings.